The smallest absolute Gasteiger partial charge is 0.328 e. The molecule has 0 radical (unpaired) electrons. The monoisotopic (exact) mass is 312 g/mol. The molecule has 0 aromatic heterocycles. The summed E-state index contributed by atoms with van der Waals surface area (Å²) in [5.74, 6) is -1.63. The van der Waals surface area contributed by atoms with E-state index >= 15 is 0 Å². The van der Waals surface area contributed by atoms with Crippen LogP contribution in [0.1, 0.15) is 5.56 Å². The van der Waals surface area contributed by atoms with E-state index in [-0.39, 0.29) is 19.0 Å². The first-order valence-electron chi connectivity index (χ1n) is 6.41. The van der Waals surface area contributed by atoms with Gasteiger partial charge in [0.1, 0.15) is 0 Å². The minimum atomic E-state index is -1.13. The van der Waals surface area contributed by atoms with Crippen molar-refractivity contribution >= 4 is 30.2 Å². The lowest BCUT2D eigenvalue weighted by Crippen LogP contribution is -2.44. The van der Waals surface area contributed by atoms with Crippen molar-refractivity contribution in [2.45, 2.75) is 12.6 Å². The average Bonchev–Trinajstić information content (AvgIpc) is 2.46. The van der Waals surface area contributed by atoms with Gasteiger partial charge < -0.3 is 20.1 Å². The number of aliphatic carboxylic acids is 1. The molecule has 1 aromatic rings. The Morgan fingerprint density at radius 3 is 2.43 bits per heavy atom. The first kappa shape index (κ1) is 17.3. The van der Waals surface area contributed by atoms with Crippen molar-refractivity contribution in [1.82, 2.24) is 5.32 Å². The Kier molecular flexibility index (Phi) is 7.04. The summed E-state index contributed by atoms with van der Waals surface area (Å²) in [6.07, 6.45) is 0. The fourth-order valence-corrected chi connectivity index (χ4v) is 1.69. The van der Waals surface area contributed by atoms with Crippen LogP contribution >= 0.6 is 12.6 Å². The zero-order chi connectivity index (χ0) is 15.8. The van der Waals surface area contributed by atoms with Gasteiger partial charge in [-0.05, 0) is 17.7 Å². The number of hydrogen-bond acceptors (Lipinski definition) is 5. The van der Waals surface area contributed by atoms with Crippen LogP contribution in [0, 0.1) is 0 Å². The number of amides is 1. The van der Waals surface area contributed by atoms with Crippen LogP contribution < -0.4 is 10.2 Å². The van der Waals surface area contributed by atoms with Gasteiger partial charge in [-0.15, -0.1) is 0 Å². The van der Waals surface area contributed by atoms with Gasteiger partial charge in [0.2, 0.25) is 5.91 Å². The van der Waals surface area contributed by atoms with Crippen molar-refractivity contribution in [2.24, 2.45) is 0 Å². The van der Waals surface area contributed by atoms with Crippen molar-refractivity contribution in [3.63, 3.8) is 0 Å². The van der Waals surface area contributed by atoms with Crippen LogP contribution in [0.25, 0.3) is 0 Å². The van der Waals surface area contributed by atoms with Gasteiger partial charge in [0.15, 0.2) is 6.04 Å². The van der Waals surface area contributed by atoms with Crippen LogP contribution in [0.2, 0.25) is 0 Å². The maximum Gasteiger partial charge on any atom is 0.328 e. The lowest BCUT2D eigenvalue weighted by atomic mass is 10.2. The van der Waals surface area contributed by atoms with E-state index in [4.69, 9.17) is 9.84 Å². The number of hydrogen-bond donors (Lipinski definition) is 3. The minimum absolute atomic E-state index is 0.0597. The average molecular weight is 312 g/mol. The summed E-state index contributed by atoms with van der Waals surface area (Å²) in [7, 11) is 3.90. The third-order valence-electron chi connectivity index (χ3n) is 2.78. The largest absolute Gasteiger partial charge is 0.480 e. The molecule has 0 heterocycles. The fraction of sp³-hybridized carbons (Fsp3) is 0.429. The van der Waals surface area contributed by atoms with Crippen molar-refractivity contribution in [3.05, 3.63) is 29.8 Å². The quantitative estimate of drug-likeness (QED) is 0.618. The van der Waals surface area contributed by atoms with Gasteiger partial charge in [-0.3, -0.25) is 4.79 Å². The predicted molar refractivity (Wildman–Crippen MR) is 83.8 cm³/mol. The molecule has 2 N–H and O–H groups in total. The Morgan fingerprint density at radius 1 is 1.33 bits per heavy atom. The van der Waals surface area contributed by atoms with Gasteiger partial charge in [-0.2, -0.15) is 12.6 Å². The highest BCUT2D eigenvalue weighted by Gasteiger charge is 2.19. The van der Waals surface area contributed by atoms with Crippen LogP contribution in [0.5, 0.6) is 0 Å². The number of ether oxygens (including phenoxy) is 1. The van der Waals surface area contributed by atoms with E-state index in [2.05, 4.69) is 17.9 Å². The summed E-state index contributed by atoms with van der Waals surface area (Å²) >= 11 is 3.78. The Hall–Kier alpha value is -1.73. The van der Waals surface area contributed by atoms with Crippen molar-refractivity contribution in [2.75, 3.05) is 31.4 Å². The van der Waals surface area contributed by atoms with E-state index < -0.39 is 17.9 Å². The summed E-state index contributed by atoms with van der Waals surface area (Å²) in [4.78, 5) is 24.1. The predicted octanol–water partition coefficient (Wildman–Crippen LogP) is 0.768. The normalized spacial score (nSPS) is 11.8. The molecule has 116 valence electrons. The van der Waals surface area contributed by atoms with Crippen LogP contribution in [0.15, 0.2) is 24.3 Å². The van der Waals surface area contributed by atoms with Crippen LogP contribution in [-0.2, 0) is 20.9 Å². The highest BCUT2D eigenvalue weighted by Crippen LogP contribution is 2.12. The lowest BCUT2D eigenvalue weighted by molar-refractivity contribution is -0.143. The second kappa shape index (κ2) is 8.53. The summed E-state index contributed by atoms with van der Waals surface area (Å²) < 4.78 is 5.35. The number of carboxylic acids is 1. The van der Waals surface area contributed by atoms with Crippen molar-refractivity contribution in [1.29, 1.82) is 0 Å². The highest BCUT2D eigenvalue weighted by molar-refractivity contribution is 7.81. The molecule has 0 saturated heterocycles. The van der Waals surface area contributed by atoms with E-state index in [0.717, 1.165) is 11.3 Å². The van der Waals surface area contributed by atoms with Crippen molar-refractivity contribution < 1.29 is 19.4 Å². The molecule has 6 nitrogen and oxygen atoms in total. The topological polar surface area (TPSA) is 78.9 Å². The number of benzene rings is 1. The molecule has 0 spiro atoms. The molecule has 21 heavy (non-hydrogen) atoms. The number of carbonyl (C=O) groups is 2. The SMILES string of the molecule is CN(C)c1ccc(COCC(NC(=O)CS)C(=O)O)cc1. The van der Waals surface area contributed by atoms with E-state index in [0.29, 0.717) is 0 Å². The summed E-state index contributed by atoms with van der Waals surface area (Å²) in [5.41, 5.74) is 2.01. The van der Waals surface area contributed by atoms with E-state index in [1.807, 2.05) is 43.3 Å². The number of nitrogens with one attached hydrogen (secondary N) is 1. The molecule has 0 aliphatic heterocycles. The number of carbonyl (C=O) groups excluding carboxylic acids is 1. The van der Waals surface area contributed by atoms with Gasteiger partial charge >= 0.3 is 5.97 Å². The first-order valence-corrected chi connectivity index (χ1v) is 7.04. The zero-order valence-electron chi connectivity index (χ0n) is 12.1. The second-order valence-electron chi connectivity index (χ2n) is 4.69. The van der Waals surface area contributed by atoms with Gasteiger partial charge in [0.25, 0.3) is 0 Å². The van der Waals surface area contributed by atoms with Crippen LogP contribution in [0.4, 0.5) is 5.69 Å². The summed E-state index contributed by atoms with van der Waals surface area (Å²) in [6.45, 7) is 0.193. The number of thiol groups is 1. The minimum Gasteiger partial charge on any atom is -0.480 e. The molecule has 0 aliphatic carbocycles. The van der Waals surface area contributed by atoms with Gasteiger partial charge in [0.05, 0.1) is 19.0 Å². The van der Waals surface area contributed by atoms with Gasteiger partial charge in [-0.1, -0.05) is 12.1 Å². The Balaban J connectivity index is 2.46. The first-order chi connectivity index (χ1) is 9.93. The van der Waals surface area contributed by atoms with E-state index in [9.17, 15) is 9.59 Å². The molecule has 0 bridgehead atoms. The molecule has 1 amide bonds. The third kappa shape index (κ3) is 6.05. The summed E-state index contributed by atoms with van der Waals surface area (Å²) in [6, 6.07) is 6.67. The maximum absolute atomic E-state index is 11.2. The molecule has 0 fully saturated rings. The molecule has 0 saturated carbocycles. The molecule has 7 heteroatoms. The number of anilines is 1. The van der Waals surface area contributed by atoms with Gasteiger partial charge in [0, 0.05) is 19.8 Å². The Bertz CT molecular complexity index is 476. The Labute approximate surface area is 129 Å². The highest BCUT2D eigenvalue weighted by atomic mass is 32.1. The molecule has 1 atom stereocenters. The van der Waals surface area contributed by atoms with Crippen molar-refractivity contribution in [3.8, 4) is 0 Å². The molecule has 1 aromatic carbocycles. The zero-order valence-corrected chi connectivity index (χ0v) is 13.0. The molecule has 1 unspecified atom stereocenters. The molecular formula is C14H20N2O4S. The maximum atomic E-state index is 11.2. The van der Waals surface area contributed by atoms with E-state index in [1.165, 1.54) is 0 Å². The molecular weight excluding hydrogens is 292 g/mol. The third-order valence-corrected chi connectivity index (χ3v) is 3.07. The number of rotatable bonds is 8. The van der Waals surface area contributed by atoms with Crippen LogP contribution in [-0.4, -0.2) is 49.5 Å². The second-order valence-corrected chi connectivity index (χ2v) is 5.01. The fourth-order valence-electron chi connectivity index (χ4n) is 1.60. The molecule has 1 rings (SSSR count). The van der Waals surface area contributed by atoms with E-state index in [1.54, 1.807) is 0 Å². The lowest BCUT2D eigenvalue weighted by Gasteiger charge is -2.15. The number of nitrogens with zero attached hydrogens (tertiary/aromatic N) is 1. The molecule has 0 aliphatic rings. The van der Waals surface area contributed by atoms with Gasteiger partial charge in [-0.25, -0.2) is 4.79 Å². The summed E-state index contributed by atoms with van der Waals surface area (Å²) in [5, 5.41) is 11.3. The van der Waals surface area contributed by atoms with Crippen LogP contribution in [0.3, 0.4) is 0 Å². The number of carboxylic acid groups (broad SMARTS) is 1. The Morgan fingerprint density at radius 2 is 1.95 bits per heavy atom. The standard InChI is InChI=1S/C14H20N2O4S/c1-16(2)11-5-3-10(4-6-11)7-20-8-12(14(18)19)15-13(17)9-21/h3-6,12,21H,7-9H2,1-2H3,(H,15,17)(H,18,19).